The van der Waals surface area contributed by atoms with Crippen LogP contribution in [0.3, 0.4) is 0 Å². The van der Waals surface area contributed by atoms with Crippen LogP contribution in [0.2, 0.25) is 10.0 Å². The van der Waals surface area contributed by atoms with E-state index in [9.17, 15) is 14.0 Å². The van der Waals surface area contributed by atoms with E-state index in [0.717, 1.165) is 0 Å². The van der Waals surface area contributed by atoms with Gasteiger partial charge in [-0.2, -0.15) is 0 Å². The maximum atomic E-state index is 13.8. The Morgan fingerprint density at radius 3 is 2.23 bits per heavy atom. The Morgan fingerprint density at radius 1 is 1.03 bits per heavy atom. The second-order valence-corrected chi connectivity index (χ2v) is 7.78. The van der Waals surface area contributed by atoms with Gasteiger partial charge in [0.05, 0.1) is 18.2 Å². The molecule has 1 fully saturated rings. The summed E-state index contributed by atoms with van der Waals surface area (Å²) in [5.74, 6) is 0.000145. The van der Waals surface area contributed by atoms with Gasteiger partial charge in [-0.3, -0.25) is 4.79 Å². The number of nitrogens with zero attached hydrogens (tertiary/aromatic N) is 2. The van der Waals surface area contributed by atoms with Gasteiger partial charge in [-0.05, 0) is 48.9 Å². The van der Waals surface area contributed by atoms with Gasteiger partial charge < -0.3 is 19.9 Å². The smallest absolute Gasteiger partial charge is 0.317 e. The average Bonchev–Trinajstić information content (AvgIpc) is 2.75. The van der Waals surface area contributed by atoms with E-state index in [0.29, 0.717) is 43.1 Å². The van der Waals surface area contributed by atoms with Crippen LogP contribution in [-0.4, -0.2) is 55.0 Å². The van der Waals surface area contributed by atoms with Crippen molar-refractivity contribution >= 4 is 35.1 Å². The molecule has 2 aromatic rings. The summed E-state index contributed by atoms with van der Waals surface area (Å²) in [4.78, 5) is 28.6. The summed E-state index contributed by atoms with van der Waals surface area (Å²) < 4.78 is 18.9. The van der Waals surface area contributed by atoms with E-state index in [4.69, 9.17) is 27.9 Å². The zero-order valence-corrected chi connectivity index (χ0v) is 18.1. The lowest BCUT2D eigenvalue weighted by molar-refractivity contribution is 0.0663. The van der Waals surface area contributed by atoms with Gasteiger partial charge in [0.1, 0.15) is 11.6 Å². The predicted molar refractivity (Wildman–Crippen MR) is 114 cm³/mol. The molecule has 0 spiro atoms. The number of carbonyl (C=O) groups excluding carboxylic acids is 2. The quantitative estimate of drug-likeness (QED) is 0.699. The van der Waals surface area contributed by atoms with Gasteiger partial charge in [-0.25, -0.2) is 9.18 Å². The summed E-state index contributed by atoms with van der Waals surface area (Å²) in [5, 5.41) is 3.03. The van der Waals surface area contributed by atoms with Crippen LogP contribution >= 0.6 is 23.2 Å². The highest BCUT2D eigenvalue weighted by molar-refractivity contribution is 6.35. The van der Waals surface area contributed by atoms with Crippen molar-refractivity contribution < 1.29 is 18.7 Å². The number of benzene rings is 2. The van der Waals surface area contributed by atoms with E-state index in [2.05, 4.69) is 5.32 Å². The normalized spacial score (nSPS) is 15.0. The molecule has 1 heterocycles. The number of hydrogen-bond acceptors (Lipinski definition) is 3. The number of ether oxygens (including phenoxy) is 1. The number of halogens is 3. The van der Waals surface area contributed by atoms with Crippen LogP contribution in [0.15, 0.2) is 36.4 Å². The van der Waals surface area contributed by atoms with E-state index in [1.165, 1.54) is 12.1 Å². The van der Waals surface area contributed by atoms with Gasteiger partial charge in [0.25, 0.3) is 5.91 Å². The molecule has 0 bridgehead atoms. The Hall–Kier alpha value is -2.51. The Kier molecular flexibility index (Phi) is 7.05. The van der Waals surface area contributed by atoms with Gasteiger partial charge in [0, 0.05) is 36.8 Å². The van der Waals surface area contributed by atoms with E-state index in [-0.39, 0.29) is 22.0 Å². The van der Waals surface area contributed by atoms with Gasteiger partial charge in [-0.1, -0.05) is 23.2 Å². The molecule has 3 amide bonds. The lowest BCUT2D eigenvalue weighted by Gasteiger charge is -2.35. The van der Waals surface area contributed by atoms with Crippen LogP contribution in [-0.2, 0) is 0 Å². The third-order valence-corrected chi connectivity index (χ3v) is 5.65. The van der Waals surface area contributed by atoms with Crippen LogP contribution in [0.25, 0.3) is 0 Å². The first-order valence-corrected chi connectivity index (χ1v) is 10.2. The number of urea groups is 1. The van der Waals surface area contributed by atoms with Gasteiger partial charge in [0.2, 0.25) is 0 Å². The van der Waals surface area contributed by atoms with E-state index in [1.54, 1.807) is 48.1 Å². The average molecular weight is 454 g/mol. The molecule has 6 nitrogen and oxygen atoms in total. The molecule has 3 rings (SSSR count). The molecule has 0 aliphatic carbocycles. The molecule has 0 aromatic heterocycles. The van der Waals surface area contributed by atoms with Crippen molar-refractivity contribution in [1.82, 2.24) is 15.1 Å². The van der Waals surface area contributed by atoms with Crippen LogP contribution in [0.1, 0.15) is 28.9 Å². The number of rotatable bonds is 4. The molecule has 1 aliphatic heterocycles. The molecule has 9 heteroatoms. The molecule has 1 unspecified atom stereocenters. The summed E-state index contributed by atoms with van der Waals surface area (Å²) in [6.07, 6.45) is 0. The van der Waals surface area contributed by atoms with E-state index >= 15 is 0 Å². The Morgan fingerprint density at radius 2 is 1.63 bits per heavy atom. The van der Waals surface area contributed by atoms with Crippen molar-refractivity contribution in [1.29, 1.82) is 0 Å². The fourth-order valence-electron chi connectivity index (χ4n) is 3.25. The molecular weight excluding hydrogens is 432 g/mol. The Bertz CT molecular complexity index is 932. The van der Waals surface area contributed by atoms with E-state index < -0.39 is 11.9 Å². The molecule has 1 N–H and O–H groups in total. The highest BCUT2D eigenvalue weighted by Gasteiger charge is 2.26. The number of piperazine rings is 1. The first kappa shape index (κ1) is 22.2. The van der Waals surface area contributed by atoms with Crippen molar-refractivity contribution in [3.05, 3.63) is 63.4 Å². The van der Waals surface area contributed by atoms with Crippen molar-refractivity contribution in [3.63, 3.8) is 0 Å². The maximum absolute atomic E-state index is 13.8. The lowest BCUT2D eigenvalue weighted by atomic mass is 10.1. The van der Waals surface area contributed by atoms with Crippen molar-refractivity contribution in [3.8, 4) is 5.75 Å². The minimum Gasteiger partial charge on any atom is -0.497 e. The molecule has 1 atom stereocenters. The second kappa shape index (κ2) is 9.53. The van der Waals surface area contributed by atoms with Gasteiger partial charge >= 0.3 is 6.03 Å². The zero-order valence-electron chi connectivity index (χ0n) is 16.6. The van der Waals surface area contributed by atoms with Crippen molar-refractivity contribution in [2.75, 3.05) is 33.3 Å². The Labute approximate surface area is 184 Å². The van der Waals surface area contributed by atoms with Crippen molar-refractivity contribution in [2.24, 2.45) is 0 Å². The molecule has 1 saturated heterocycles. The van der Waals surface area contributed by atoms with Crippen LogP contribution in [0, 0.1) is 5.82 Å². The minimum absolute atomic E-state index is 0.0695. The molecule has 1 aliphatic rings. The fraction of sp³-hybridized carbons (Fsp3) is 0.333. The van der Waals surface area contributed by atoms with Crippen LogP contribution in [0.5, 0.6) is 5.75 Å². The molecule has 0 saturated carbocycles. The van der Waals surface area contributed by atoms with Gasteiger partial charge in [0.15, 0.2) is 0 Å². The molecule has 30 heavy (non-hydrogen) atoms. The number of amides is 3. The van der Waals surface area contributed by atoms with Gasteiger partial charge in [-0.15, -0.1) is 0 Å². The third kappa shape index (κ3) is 4.96. The summed E-state index contributed by atoms with van der Waals surface area (Å²) in [7, 11) is 1.57. The molecule has 160 valence electrons. The first-order chi connectivity index (χ1) is 14.3. The topological polar surface area (TPSA) is 61.9 Å². The van der Waals surface area contributed by atoms with E-state index in [1.807, 2.05) is 0 Å². The minimum atomic E-state index is -0.595. The molecule has 0 radical (unpaired) electrons. The zero-order chi connectivity index (χ0) is 21.8. The number of carbonyl (C=O) groups is 2. The number of methoxy groups -OCH3 is 1. The molecular formula is C21H22Cl2FN3O3. The fourth-order valence-corrected chi connectivity index (χ4v) is 3.80. The predicted octanol–water partition coefficient (Wildman–Crippen LogP) is 4.37. The summed E-state index contributed by atoms with van der Waals surface area (Å²) >= 11 is 11.9. The van der Waals surface area contributed by atoms with Crippen LogP contribution in [0.4, 0.5) is 9.18 Å². The highest BCUT2D eigenvalue weighted by atomic mass is 35.5. The van der Waals surface area contributed by atoms with Crippen LogP contribution < -0.4 is 10.1 Å². The lowest BCUT2D eigenvalue weighted by Crippen LogP contribution is -2.53. The largest absolute Gasteiger partial charge is 0.497 e. The van der Waals surface area contributed by atoms with Crippen molar-refractivity contribution in [2.45, 2.75) is 13.0 Å². The summed E-state index contributed by atoms with van der Waals surface area (Å²) in [5.41, 5.74) is 1.02. The molecule has 2 aromatic carbocycles. The number of nitrogens with one attached hydrogen (secondary N) is 1. The Balaban J connectivity index is 1.56. The second-order valence-electron chi connectivity index (χ2n) is 6.97. The SMILES string of the molecule is COc1ccc(C(=O)N2CCN(C(=O)NC(C)c3cc(F)c(Cl)cc3Cl)CC2)cc1. The third-order valence-electron chi connectivity index (χ3n) is 5.04. The highest BCUT2D eigenvalue weighted by Crippen LogP contribution is 2.28. The maximum Gasteiger partial charge on any atom is 0.317 e. The summed E-state index contributed by atoms with van der Waals surface area (Å²) in [6.45, 7) is 3.34. The number of hydrogen-bond donors (Lipinski definition) is 1. The first-order valence-electron chi connectivity index (χ1n) is 9.43. The monoisotopic (exact) mass is 453 g/mol. The summed E-state index contributed by atoms with van der Waals surface area (Å²) in [6, 6.07) is 8.65. The standard InChI is InChI=1S/C21H22Cl2FN3O3/c1-13(16-11-19(24)18(23)12-17(16)22)25-21(29)27-9-7-26(8-10-27)20(28)14-3-5-15(30-2)6-4-14/h3-6,11-13H,7-10H2,1-2H3,(H,25,29).